The highest BCUT2D eigenvalue weighted by atomic mass is 32.1. The van der Waals surface area contributed by atoms with E-state index < -0.39 is 0 Å². The molecule has 0 bridgehead atoms. The molecule has 0 aliphatic heterocycles. The van der Waals surface area contributed by atoms with Crippen molar-refractivity contribution in [2.75, 3.05) is 5.32 Å². The SMILES string of the molecule is Cc1ccc(NC(=S)N=Nc2c(O)n(Cc3ccccc3C)c3ccccc23)cc1. The first-order chi connectivity index (χ1) is 14.5. The zero-order valence-electron chi connectivity index (χ0n) is 16.8. The summed E-state index contributed by atoms with van der Waals surface area (Å²) in [5.41, 5.74) is 5.61. The van der Waals surface area contributed by atoms with Crippen molar-refractivity contribution in [1.29, 1.82) is 0 Å². The molecule has 0 saturated carbocycles. The Kier molecular flexibility index (Phi) is 5.59. The Hall–Kier alpha value is -3.51. The molecule has 0 aliphatic carbocycles. The van der Waals surface area contributed by atoms with E-state index in [-0.39, 0.29) is 11.0 Å². The van der Waals surface area contributed by atoms with Gasteiger partial charge in [-0.1, -0.05) is 60.2 Å². The van der Waals surface area contributed by atoms with Crippen molar-refractivity contribution in [3.05, 3.63) is 89.5 Å². The van der Waals surface area contributed by atoms with E-state index in [1.54, 1.807) is 0 Å². The van der Waals surface area contributed by atoms with Crippen LogP contribution in [-0.2, 0) is 6.54 Å². The van der Waals surface area contributed by atoms with E-state index in [0.29, 0.717) is 12.2 Å². The van der Waals surface area contributed by atoms with Crippen LogP contribution in [0.1, 0.15) is 16.7 Å². The van der Waals surface area contributed by atoms with Crippen LogP contribution in [0.2, 0.25) is 0 Å². The number of para-hydroxylation sites is 1. The maximum absolute atomic E-state index is 10.9. The maximum atomic E-state index is 10.9. The summed E-state index contributed by atoms with van der Waals surface area (Å²) in [6.45, 7) is 4.63. The number of aromatic nitrogens is 1. The maximum Gasteiger partial charge on any atom is 0.221 e. The number of thiocarbonyl (C=S) groups is 1. The van der Waals surface area contributed by atoms with Gasteiger partial charge in [0.25, 0.3) is 0 Å². The third-order valence-electron chi connectivity index (χ3n) is 5.05. The number of aromatic hydroxyl groups is 1. The van der Waals surface area contributed by atoms with Crippen LogP contribution in [-0.4, -0.2) is 14.8 Å². The molecule has 0 spiro atoms. The number of rotatable bonds is 4. The van der Waals surface area contributed by atoms with Crippen LogP contribution >= 0.6 is 12.2 Å². The monoisotopic (exact) mass is 414 g/mol. The molecule has 0 radical (unpaired) electrons. The van der Waals surface area contributed by atoms with Gasteiger partial charge in [0.2, 0.25) is 11.0 Å². The summed E-state index contributed by atoms with van der Waals surface area (Å²) < 4.78 is 1.85. The van der Waals surface area contributed by atoms with Crippen molar-refractivity contribution in [2.45, 2.75) is 20.4 Å². The van der Waals surface area contributed by atoms with Crippen molar-refractivity contribution in [2.24, 2.45) is 10.2 Å². The quantitative estimate of drug-likeness (QED) is 0.296. The number of azo groups is 1. The Morgan fingerprint density at radius 3 is 2.43 bits per heavy atom. The molecule has 5 nitrogen and oxygen atoms in total. The molecule has 1 aromatic heterocycles. The topological polar surface area (TPSA) is 61.9 Å². The summed E-state index contributed by atoms with van der Waals surface area (Å²) in [5, 5.41) is 23.5. The van der Waals surface area contributed by atoms with Gasteiger partial charge in [0, 0.05) is 11.1 Å². The highest BCUT2D eigenvalue weighted by Gasteiger charge is 2.17. The first kappa shape index (κ1) is 19.8. The second-order valence-electron chi connectivity index (χ2n) is 7.20. The lowest BCUT2D eigenvalue weighted by Crippen LogP contribution is -2.04. The molecule has 0 saturated heterocycles. The fourth-order valence-corrected chi connectivity index (χ4v) is 3.53. The molecular weight excluding hydrogens is 392 g/mol. The van der Waals surface area contributed by atoms with E-state index in [4.69, 9.17) is 12.2 Å². The molecule has 4 rings (SSSR count). The second kappa shape index (κ2) is 8.47. The molecule has 30 heavy (non-hydrogen) atoms. The van der Waals surface area contributed by atoms with Gasteiger partial charge in [-0.2, -0.15) is 0 Å². The van der Waals surface area contributed by atoms with E-state index in [1.165, 1.54) is 11.1 Å². The van der Waals surface area contributed by atoms with Crippen LogP contribution in [0, 0.1) is 13.8 Å². The molecule has 150 valence electrons. The summed E-state index contributed by atoms with van der Waals surface area (Å²) in [6.07, 6.45) is 0. The lowest BCUT2D eigenvalue weighted by atomic mass is 10.1. The standard InChI is InChI=1S/C24H22N4OS/c1-16-11-13-19(14-12-16)25-24(30)27-26-22-20-9-5-6-10-21(20)28(23(22)29)15-18-8-4-3-7-17(18)2/h3-14,29H,15H2,1-2H3,(H,25,30). The van der Waals surface area contributed by atoms with Crippen molar-refractivity contribution >= 4 is 39.6 Å². The van der Waals surface area contributed by atoms with Crippen LogP contribution in [0.15, 0.2) is 83.0 Å². The number of nitrogens with one attached hydrogen (secondary N) is 1. The predicted molar refractivity (Wildman–Crippen MR) is 126 cm³/mol. The lowest BCUT2D eigenvalue weighted by molar-refractivity contribution is 0.429. The van der Waals surface area contributed by atoms with Crippen LogP contribution in [0.4, 0.5) is 11.4 Å². The highest BCUT2D eigenvalue weighted by Crippen LogP contribution is 2.39. The summed E-state index contributed by atoms with van der Waals surface area (Å²) in [6, 6.07) is 23.7. The molecule has 3 aromatic carbocycles. The van der Waals surface area contributed by atoms with E-state index in [1.807, 2.05) is 72.2 Å². The number of hydrogen-bond acceptors (Lipinski definition) is 3. The summed E-state index contributed by atoms with van der Waals surface area (Å²) >= 11 is 5.30. The normalized spacial score (nSPS) is 11.3. The molecule has 1 heterocycles. The highest BCUT2D eigenvalue weighted by molar-refractivity contribution is 7.80. The zero-order valence-corrected chi connectivity index (χ0v) is 17.6. The first-order valence-corrected chi connectivity index (χ1v) is 10.1. The minimum atomic E-state index is 0.0707. The van der Waals surface area contributed by atoms with Gasteiger partial charge in [-0.3, -0.25) is 0 Å². The molecule has 2 N–H and O–H groups in total. The van der Waals surface area contributed by atoms with Gasteiger partial charge in [0.1, 0.15) is 0 Å². The number of fused-ring (bicyclic) bond motifs is 1. The predicted octanol–water partition coefficient (Wildman–Crippen LogP) is 6.49. The average Bonchev–Trinajstić information content (AvgIpc) is 3.01. The smallest absolute Gasteiger partial charge is 0.221 e. The van der Waals surface area contributed by atoms with Gasteiger partial charge < -0.3 is 15.0 Å². The van der Waals surface area contributed by atoms with Crippen molar-refractivity contribution in [1.82, 2.24) is 4.57 Å². The Labute approximate surface area is 180 Å². The fraction of sp³-hybridized carbons (Fsp3) is 0.125. The summed E-state index contributed by atoms with van der Waals surface area (Å²) in [7, 11) is 0. The summed E-state index contributed by atoms with van der Waals surface area (Å²) in [5.74, 6) is 0.0707. The fourth-order valence-electron chi connectivity index (χ4n) is 3.37. The largest absolute Gasteiger partial charge is 0.493 e. The molecule has 0 aliphatic rings. The van der Waals surface area contributed by atoms with Gasteiger partial charge in [-0.15, -0.1) is 10.2 Å². The molecule has 4 aromatic rings. The number of aryl methyl sites for hydroxylation is 2. The molecule has 0 unspecified atom stereocenters. The van der Waals surface area contributed by atoms with Crippen molar-refractivity contribution in [3.8, 4) is 5.88 Å². The minimum absolute atomic E-state index is 0.0707. The molecule has 0 amide bonds. The minimum Gasteiger partial charge on any atom is -0.493 e. The Morgan fingerprint density at radius 1 is 0.967 bits per heavy atom. The zero-order chi connectivity index (χ0) is 21.1. The van der Waals surface area contributed by atoms with Crippen LogP contribution in [0.25, 0.3) is 10.9 Å². The van der Waals surface area contributed by atoms with Crippen molar-refractivity contribution < 1.29 is 5.11 Å². The van der Waals surface area contributed by atoms with Crippen molar-refractivity contribution in [3.63, 3.8) is 0 Å². The third-order valence-corrected chi connectivity index (χ3v) is 5.23. The number of anilines is 1. The van der Waals surface area contributed by atoms with Gasteiger partial charge in [0.15, 0.2) is 5.69 Å². The number of nitrogens with zero attached hydrogens (tertiary/aromatic N) is 3. The van der Waals surface area contributed by atoms with Crippen LogP contribution < -0.4 is 5.32 Å². The van der Waals surface area contributed by atoms with Crippen LogP contribution in [0.5, 0.6) is 5.88 Å². The number of benzene rings is 3. The Bertz CT molecular complexity index is 1240. The van der Waals surface area contributed by atoms with Gasteiger partial charge in [0.05, 0.1) is 12.1 Å². The Balaban J connectivity index is 1.65. The van der Waals surface area contributed by atoms with Gasteiger partial charge in [-0.25, -0.2) is 0 Å². The van der Waals surface area contributed by atoms with E-state index in [2.05, 4.69) is 34.6 Å². The molecule has 0 fully saturated rings. The third kappa shape index (κ3) is 4.09. The molecular formula is C24H22N4OS. The Morgan fingerprint density at radius 2 is 1.67 bits per heavy atom. The summed E-state index contributed by atoms with van der Waals surface area (Å²) in [4.78, 5) is 0. The van der Waals surface area contributed by atoms with E-state index in [0.717, 1.165) is 22.2 Å². The average molecular weight is 415 g/mol. The van der Waals surface area contributed by atoms with Crippen LogP contribution in [0.3, 0.4) is 0 Å². The van der Waals surface area contributed by atoms with E-state index >= 15 is 0 Å². The first-order valence-electron chi connectivity index (χ1n) is 9.67. The van der Waals surface area contributed by atoms with Gasteiger partial charge in [-0.05, 0) is 55.4 Å². The van der Waals surface area contributed by atoms with E-state index in [9.17, 15) is 5.11 Å². The molecule has 0 atom stereocenters. The van der Waals surface area contributed by atoms with Gasteiger partial charge >= 0.3 is 0 Å². The number of hydrogen-bond donors (Lipinski definition) is 2. The second-order valence-corrected chi connectivity index (χ2v) is 7.58. The lowest BCUT2D eigenvalue weighted by Gasteiger charge is -2.09. The molecule has 6 heteroatoms.